The van der Waals surface area contributed by atoms with Crippen LogP contribution in [0.4, 0.5) is 5.95 Å². The van der Waals surface area contributed by atoms with Crippen molar-refractivity contribution in [3.63, 3.8) is 0 Å². The predicted molar refractivity (Wildman–Crippen MR) is 113 cm³/mol. The van der Waals surface area contributed by atoms with Crippen molar-refractivity contribution in [1.82, 2.24) is 15.3 Å². The Bertz CT molecular complexity index is 923. The van der Waals surface area contributed by atoms with Crippen LogP contribution in [-0.2, 0) is 22.5 Å². The second kappa shape index (κ2) is 9.22. The first kappa shape index (κ1) is 21.0. The highest BCUT2D eigenvalue weighted by Gasteiger charge is 2.17. The molecule has 0 unspecified atom stereocenters. The van der Waals surface area contributed by atoms with Crippen molar-refractivity contribution < 1.29 is 9.53 Å². The summed E-state index contributed by atoms with van der Waals surface area (Å²) in [5, 5.41) is 2.98. The highest BCUT2D eigenvalue weighted by atomic mass is 16.5. The maximum absolute atomic E-state index is 12.5. The Labute approximate surface area is 171 Å². The number of ether oxygens (including phenoxy) is 1. The molecule has 1 saturated heterocycles. The normalized spacial score (nSPS) is 14.1. The van der Waals surface area contributed by atoms with Gasteiger partial charge in [-0.25, -0.2) is 4.98 Å². The second-order valence-corrected chi connectivity index (χ2v) is 7.71. The van der Waals surface area contributed by atoms with Crippen LogP contribution < -0.4 is 15.8 Å². The minimum atomic E-state index is -0.169. The molecule has 0 atom stereocenters. The van der Waals surface area contributed by atoms with Crippen molar-refractivity contribution in [3.8, 4) is 0 Å². The fourth-order valence-corrected chi connectivity index (χ4v) is 3.82. The zero-order valence-corrected chi connectivity index (χ0v) is 17.7. The molecule has 156 valence electrons. The number of nitrogens with zero attached hydrogens (tertiary/aromatic N) is 2. The molecule has 2 heterocycles. The van der Waals surface area contributed by atoms with E-state index < -0.39 is 0 Å². The highest BCUT2D eigenvalue weighted by Crippen LogP contribution is 2.16. The van der Waals surface area contributed by atoms with E-state index in [0.29, 0.717) is 56.5 Å². The summed E-state index contributed by atoms with van der Waals surface area (Å²) in [4.78, 5) is 34.3. The predicted octanol–water partition coefficient (Wildman–Crippen LogP) is 2.09. The van der Waals surface area contributed by atoms with Crippen molar-refractivity contribution in [3.05, 3.63) is 56.0 Å². The number of benzene rings is 1. The number of nitrogens with one attached hydrogen (secondary N) is 2. The van der Waals surface area contributed by atoms with Gasteiger partial charge in [0.05, 0.1) is 13.2 Å². The van der Waals surface area contributed by atoms with E-state index in [1.807, 2.05) is 11.8 Å². The maximum atomic E-state index is 12.5. The van der Waals surface area contributed by atoms with E-state index in [1.165, 1.54) is 16.7 Å². The van der Waals surface area contributed by atoms with Gasteiger partial charge in [0.15, 0.2) is 0 Å². The van der Waals surface area contributed by atoms with E-state index in [-0.39, 0.29) is 17.9 Å². The number of carbonyl (C=O) groups excluding carboxylic acids is 1. The van der Waals surface area contributed by atoms with E-state index in [0.717, 1.165) is 5.56 Å². The zero-order chi connectivity index (χ0) is 21.0. The van der Waals surface area contributed by atoms with Crippen LogP contribution >= 0.6 is 0 Å². The summed E-state index contributed by atoms with van der Waals surface area (Å²) in [5.41, 5.74) is 5.80. The first-order chi connectivity index (χ1) is 13.8. The quantitative estimate of drug-likeness (QED) is 0.778. The highest BCUT2D eigenvalue weighted by molar-refractivity contribution is 5.76. The van der Waals surface area contributed by atoms with E-state index in [4.69, 9.17) is 4.74 Å². The van der Waals surface area contributed by atoms with Crippen LogP contribution in [0.5, 0.6) is 0 Å². The number of aromatic nitrogens is 2. The van der Waals surface area contributed by atoms with Gasteiger partial charge in [-0.1, -0.05) is 17.7 Å². The average Bonchev–Trinajstić information content (AvgIpc) is 2.67. The fraction of sp³-hybridized carbons (Fsp3) is 0.500. The maximum Gasteiger partial charge on any atom is 0.255 e. The smallest absolute Gasteiger partial charge is 0.255 e. The molecule has 1 aliphatic rings. The monoisotopic (exact) mass is 398 g/mol. The van der Waals surface area contributed by atoms with Gasteiger partial charge in [0, 0.05) is 37.3 Å². The molecular formula is C22H30N4O3. The third-order valence-corrected chi connectivity index (χ3v) is 5.43. The lowest BCUT2D eigenvalue weighted by Gasteiger charge is -2.27. The van der Waals surface area contributed by atoms with E-state index in [9.17, 15) is 9.59 Å². The van der Waals surface area contributed by atoms with Crippen molar-refractivity contribution in [2.45, 2.75) is 47.1 Å². The first-order valence-electron chi connectivity index (χ1n) is 10.1. The zero-order valence-electron chi connectivity index (χ0n) is 17.7. The molecule has 0 radical (unpaired) electrons. The summed E-state index contributed by atoms with van der Waals surface area (Å²) in [7, 11) is 0. The largest absolute Gasteiger partial charge is 0.378 e. The lowest BCUT2D eigenvalue weighted by Crippen LogP contribution is -2.38. The molecule has 7 heteroatoms. The number of amides is 1. The molecule has 1 aliphatic heterocycles. The molecule has 2 aromatic rings. The van der Waals surface area contributed by atoms with Gasteiger partial charge in [-0.3, -0.25) is 14.6 Å². The number of rotatable bonds is 6. The Kier molecular flexibility index (Phi) is 6.69. The van der Waals surface area contributed by atoms with Crippen molar-refractivity contribution in [2.24, 2.45) is 0 Å². The van der Waals surface area contributed by atoms with Crippen LogP contribution in [0.3, 0.4) is 0 Å². The third-order valence-electron chi connectivity index (χ3n) is 5.43. The number of aryl methyl sites for hydroxylation is 4. The van der Waals surface area contributed by atoms with Crippen LogP contribution in [0, 0.1) is 27.7 Å². The minimum absolute atomic E-state index is 0.0690. The molecule has 29 heavy (non-hydrogen) atoms. The Morgan fingerprint density at radius 3 is 2.41 bits per heavy atom. The second-order valence-electron chi connectivity index (χ2n) is 7.71. The number of aromatic amines is 1. The molecule has 0 aliphatic carbocycles. The number of H-pyrrole nitrogens is 1. The molecule has 0 spiro atoms. The molecule has 0 saturated carbocycles. The van der Waals surface area contributed by atoms with Gasteiger partial charge in [-0.2, -0.15) is 0 Å². The number of hydrogen-bond acceptors (Lipinski definition) is 5. The minimum Gasteiger partial charge on any atom is -0.378 e. The number of hydrogen-bond donors (Lipinski definition) is 2. The molecule has 1 amide bonds. The van der Waals surface area contributed by atoms with E-state index in [2.05, 4.69) is 48.2 Å². The SMILES string of the molecule is Cc1cc(C)c(CNC(=O)CCc2c(C)nc(N3CCOCC3)[nH]c2=O)c(C)c1. The summed E-state index contributed by atoms with van der Waals surface area (Å²) in [5.74, 6) is 0.509. The van der Waals surface area contributed by atoms with Gasteiger partial charge >= 0.3 is 0 Å². The molecule has 2 N–H and O–H groups in total. The van der Waals surface area contributed by atoms with Crippen molar-refractivity contribution >= 4 is 11.9 Å². The van der Waals surface area contributed by atoms with E-state index >= 15 is 0 Å². The molecule has 3 rings (SSSR count). The van der Waals surface area contributed by atoms with Crippen LogP contribution in [0.1, 0.15) is 39.9 Å². The molecule has 1 aromatic carbocycles. The van der Waals surface area contributed by atoms with Crippen molar-refractivity contribution in [2.75, 3.05) is 31.2 Å². The number of anilines is 1. The molecule has 1 aromatic heterocycles. The topological polar surface area (TPSA) is 87.3 Å². The number of morpholine rings is 1. The molecule has 0 bridgehead atoms. The average molecular weight is 399 g/mol. The van der Waals surface area contributed by atoms with Gasteiger partial charge in [0.25, 0.3) is 5.56 Å². The summed E-state index contributed by atoms with van der Waals surface area (Å²) in [6.07, 6.45) is 0.627. The first-order valence-corrected chi connectivity index (χ1v) is 10.1. The van der Waals surface area contributed by atoms with Crippen LogP contribution in [0.15, 0.2) is 16.9 Å². The summed E-state index contributed by atoms with van der Waals surface area (Å²) in [6, 6.07) is 4.25. The summed E-state index contributed by atoms with van der Waals surface area (Å²) in [6.45, 7) is 11.2. The Morgan fingerprint density at radius 1 is 1.14 bits per heavy atom. The van der Waals surface area contributed by atoms with Gasteiger partial charge in [-0.05, 0) is 50.8 Å². The lowest BCUT2D eigenvalue weighted by molar-refractivity contribution is -0.121. The van der Waals surface area contributed by atoms with Gasteiger partial charge in [0.1, 0.15) is 0 Å². The van der Waals surface area contributed by atoms with Crippen LogP contribution in [-0.4, -0.2) is 42.2 Å². The molecule has 1 fully saturated rings. The van der Waals surface area contributed by atoms with Crippen LogP contribution in [0.2, 0.25) is 0 Å². The van der Waals surface area contributed by atoms with Crippen LogP contribution in [0.25, 0.3) is 0 Å². The standard InChI is InChI=1S/C22H30N4O3/c1-14-11-15(2)19(16(3)12-14)13-23-20(27)6-5-18-17(4)24-22(25-21(18)28)26-7-9-29-10-8-26/h11-12H,5-10,13H2,1-4H3,(H,23,27)(H,24,25,28). The summed E-state index contributed by atoms with van der Waals surface area (Å²) < 4.78 is 5.34. The fourth-order valence-electron chi connectivity index (χ4n) is 3.82. The summed E-state index contributed by atoms with van der Waals surface area (Å²) >= 11 is 0. The van der Waals surface area contributed by atoms with Gasteiger partial charge < -0.3 is 15.0 Å². The Balaban J connectivity index is 1.59. The van der Waals surface area contributed by atoms with Crippen molar-refractivity contribution in [1.29, 1.82) is 0 Å². The Hall–Kier alpha value is -2.67. The Morgan fingerprint density at radius 2 is 1.79 bits per heavy atom. The van der Waals surface area contributed by atoms with Gasteiger partial charge in [0.2, 0.25) is 11.9 Å². The lowest BCUT2D eigenvalue weighted by atomic mass is 10.00. The molecular weight excluding hydrogens is 368 g/mol. The van der Waals surface area contributed by atoms with E-state index in [1.54, 1.807) is 0 Å². The number of carbonyl (C=O) groups is 1. The third kappa shape index (κ3) is 5.23. The molecule has 7 nitrogen and oxygen atoms in total. The van der Waals surface area contributed by atoms with Gasteiger partial charge in [-0.15, -0.1) is 0 Å².